The minimum atomic E-state index is -0.798. The Morgan fingerprint density at radius 3 is 2.50 bits per heavy atom. The fraction of sp³-hybridized carbons (Fsp3) is 0.467. The van der Waals surface area contributed by atoms with Crippen LogP contribution in [-0.2, 0) is 4.79 Å². The van der Waals surface area contributed by atoms with E-state index in [1.54, 1.807) is 0 Å². The summed E-state index contributed by atoms with van der Waals surface area (Å²) in [7, 11) is 1.36. The SMILES string of the molecule is COc1cc([N+](=O)[O-])ccc1NC(=O)NC1CCC(C(=O)O)CC1. The smallest absolute Gasteiger partial charge is 0.319 e. The highest BCUT2D eigenvalue weighted by atomic mass is 16.6. The quantitative estimate of drug-likeness (QED) is 0.558. The molecule has 0 aromatic heterocycles. The Balaban J connectivity index is 1.93. The molecular formula is C15H19N3O6. The zero-order valence-corrected chi connectivity index (χ0v) is 13.2. The van der Waals surface area contributed by atoms with E-state index in [0.29, 0.717) is 31.4 Å². The molecule has 0 bridgehead atoms. The first-order chi connectivity index (χ1) is 11.4. The van der Waals surface area contributed by atoms with E-state index in [1.165, 1.54) is 25.3 Å². The molecule has 1 aliphatic carbocycles. The standard InChI is InChI=1S/C15H19N3O6/c1-24-13-8-11(18(22)23)6-7-12(13)17-15(21)16-10-4-2-9(3-5-10)14(19)20/h6-10H,2-5H2,1H3,(H,19,20)(H2,16,17,21). The third kappa shape index (κ3) is 4.34. The van der Waals surface area contributed by atoms with Crippen LogP contribution in [0.25, 0.3) is 0 Å². The highest BCUT2D eigenvalue weighted by Crippen LogP contribution is 2.29. The monoisotopic (exact) mass is 337 g/mol. The van der Waals surface area contributed by atoms with Crippen LogP contribution in [0.2, 0.25) is 0 Å². The molecule has 0 unspecified atom stereocenters. The van der Waals surface area contributed by atoms with Gasteiger partial charge in [0.1, 0.15) is 5.75 Å². The van der Waals surface area contributed by atoms with Gasteiger partial charge in [0, 0.05) is 12.1 Å². The second-order valence-corrected chi connectivity index (χ2v) is 5.63. The molecular weight excluding hydrogens is 318 g/mol. The number of urea groups is 1. The number of methoxy groups -OCH3 is 1. The van der Waals surface area contributed by atoms with E-state index in [4.69, 9.17) is 9.84 Å². The van der Waals surface area contributed by atoms with Gasteiger partial charge < -0.3 is 20.5 Å². The van der Waals surface area contributed by atoms with Crippen LogP contribution in [0, 0.1) is 16.0 Å². The van der Waals surface area contributed by atoms with E-state index in [2.05, 4.69) is 10.6 Å². The number of carboxylic acid groups (broad SMARTS) is 1. The molecule has 0 heterocycles. The molecule has 1 aliphatic rings. The van der Waals surface area contributed by atoms with Crippen LogP contribution < -0.4 is 15.4 Å². The molecule has 1 aromatic rings. The number of ether oxygens (including phenoxy) is 1. The van der Waals surface area contributed by atoms with Crippen molar-refractivity contribution in [2.24, 2.45) is 5.92 Å². The van der Waals surface area contributed by atoms with Gasteiger partial charge in [0.15, 0.2) is 0 Å². The summed E-state index contributed by atoms with van der Waals surface area (Å²) in [6.07, 6.45) is 2.26. The van der Waals surface area contributed by atoms with E-state index in [9.17, 15) is 19.7 Å². The van der Waals surface area contributed by atoms with Crippen molar-refractivity contribution in [2.75, 3.05) is 12.4 Å². The zero-order chi connectivity index (χ0) is 17.7. The number of aliphatic carboxylic acids is 1. The van der Waals surface area contributed by atoms with Crippen LogP contribution in [0.4, 0.5) is 16.2 Å². The number of amides is 2. The topological polar surface area (TPSA) is 131 Å². The normalized spacial score (nSPS) is 20.0. The maximum atomic E-state index is 12.1. The molecule has 130 valence electrons. The molecule has 2 rings (SSSR count). The Morgan fingerprint density at radius 2 is 1.96 bits per heavy atom. The molecule has 1 aromatic carbocycles. The van der Waals surface area contributed by atoms with Crippen molar-refractivity contribution in [3.05, 3.63) is 28.3 Å². The van der Waals surface area contributed by atoms with Crippen molar-refractivity contribution in [1.82, 2.24) is 5.32 Å². The lowest BCUT2D eigenvalue weighted by molar-refractivity contribution is -0.384. The van der Waals surface area contributed by atoms with E-state index >= 15 is 0 Å². The number of nitrogens with zero attached hydrogens (tertiary/aromatic N) is 1. The van der Waals surface area contributed by atoms with Crippen LogP contribution >= 0.6 is 0 Å². The Morgan fingerprint density at radius 1 is 1.29 bits per heavy atom. The Kier molecular flexibility index (Phi) is 5.56. The molecule has 1 fully saturated rings. The molecule has 0 saturated heterocycles. The second-order valence-electron chi connectivity index (χ2n) is 5.63. The van der Waals surface area contributed by atoms with Crippen LogP contribution in [0.3, 0.4) is 0 Å². The molecule has 0 aliphatic heterocycles. The molecule has 9 nitrogen and oxygen atoms in total. The first kappa shape index (κ1) is 17.5. The molecule has 0 radical (unpaired) electrons. The fourth-order valence-electron chi connectivity index (χ4n) is 2.73. The number of non-ortho nitro benzene ring substituents is 1. The maximum Gasteiger partial charge on any atom is 0.319 e. The van der Waals surface area contributed by atoms with Crippen LogP contribution in [0.15, 0.2) is 18.2 Å². The molecule has 9 heteroatoms. The Bertz CT molecular complexity index is 640. The number of nitrogens with one attached hydrogen (secondary N) is 2. The lowest BCUT2D eigenvalue weighted by Crippen LogP contribution is -2.41. The highest BCUT2D eigenvalue weighted by molar-refractivity contribution is 5.91. The molecule has 0 spiro atoms. The van der Waals surface area contributed by atoms with Gasteiger partial charge in [-0.3, -0.25) is 14.9 Å². The number of carbonyl (C=O) groups is 2. The summed E-state index contributed by atoms with van der Waals surface area (Å²) < 4.78 is 5.06. The van der Waals surface area contributed by atoms with Gasteiger partial charge in [0.2, 0.25) is 0 Å². The van der Waals surface area contributed by atoms with Gasteiger partial charge >= 0.3 is 12.0 Å². The van der Waals surface area contributed by atoms with Crippen LogP contribution in [0.5, 0.6) is 5.75 Å². The second kappa shape index (κ2) is 7.62. The summed E-state index contributed by atoms with van der Waals surface area (Å²) in [5.41, 5.74) is 0.185. The number of benzene rings is 1. The molecule has 1 saturated carbocycles. The summed E-state index contributed by atoms with van der Waals surface area (Å²) in [6, 6.07) is 3.35. The lowest BCUT2D eigenvalue weighted by atomic mass is 9.86. The van der Waals surface area contributed by atoms with Crippen molar-refractivity contribution < 1.29 is 24.4 Å². The number of rotatable bonds is 5. The number of anilines is 1. The third-order valence-electron chi connectivity index (χ3n) is 4.06. The van der Waals surface area contributed by atoms with Crippen LogP contribution in [0.1, 0.15) is 25.7 Å². The third-order valence-corrected chi connectivity index (χ3v) is 4.06. The van der Waals surface area contributed by atoms with Crippen molar-refractivity contribution in [1.29, 1.82) is 0 Å². The average molecular weight is 337 g/mol. The Hall–Kier alpha value is -2.84. The molecule has 0 atom stereocenters. The minimum absolute atomic E-state index is 0.0929. The molecule has 2 amide bonds. The summed E-state index contributed by atoms with van der Waals surface area (Å²) >= 11 is 0. The van der Waals surface area contributed by atoms with Crippen molar-refractivity contribution in [3.8, 4) is 5.75 Å². The van der Waals surface area contributed by atoms with E-state index < -0.39 is 16.9 Å². The fourth-order valence-corrected chi connectivity index (χ4v) is 2.73. The summed E-state index contributed by atoms with van der Waals surface area (Å²) in [6.45, 7) is 0. The van der Waals surface area contributed by atoms with Gasteiger partial charge in [-0.05, 0) is 31.7 Å². The summed E-state index contributed by atoms with van der Waals surface area (Å²) in [5.74, 6) is -0.955. The molecule has 24 heavy (non-hydrogen) atoms. The minimum Gasteiger partial charge on any atom is -0.494 e. The predicted octanol–water partition coefficient (Wildman–Crippen LogP) is 2.37. The molecule has 3 N–H and O–H groups in total. The van der Waals surface area contributed by atoms with Gasteiger partial charge in [-0.1, -0.05) is 0 Å². The van der Waals surface area contributed by atoms with Crippen molar-refractivity contribution in [2.45, 2.75) is 31.7 Å². The van der Waals surface area contributed by atoms with E-state index in [1.807, 2.05) is 0 Å². The van der Waals surface area contributed by atoms with Gasteiger partial charge in [0.25, 0.3) is 5.69 Å². The van der Waals surface area contributed by atoms with Crippen molar-refractivity contribution in [3.63, 3.8) is 0 Å². The van der Waals surface area contributed by atoms with Gasteiger partial charge in [-0.15, -0.1) is 0 Å². The highest BCUT2D eigenvalue weighted by Gasteiger charge is 2.26. The van der Waals surface area contributed by atoms with E-state index in [-0.39, 0.29) is 23.4 Å². The zero-order valence-electron chi connectivity index (χ0n) is 13.2. The predicted molar refractivity (Wildman–Crippen MR) is 85.2 cm³/mol. The summed E-state index contributed by atoms with van der Waals surface area (Å²) in [4.78, 5) is 33.2. The largest absolute Gasteiger partial charge is 0.494 e. The average Bonchev–Trinajstić information content (AvgIpc) is 2.55. The van der Waals surface area contributed by atoms with Gasteiger partial charge in [0.05, 0.1) is 29.7 Å². The lowest BCUT2D eigenvalue weighted by Gasteiger charge is -2.26. The van der Waals surface area contributed by atoms with Gasteiger partial charge in [-0.25, -0.2) is 4.79 Å². The number of carboxylic acids is 1. The van der Waals surface area contributed by atoms with E-state index in [0.717, 1.165) is 0 Å². The number of carbonyl (C=O) groups excluding carboxylic acids is 1. The van der Waals surface area contributed by atoms with Crippen LogP contribution in [-0.4, -0.2) is 35.2 Å². The number of hydrogen-bond acceptors (Lipinski definition) is 5. The van der Waals surface area contributed by atoms with Gasteiger partial charge in [-0.2, -0.15) is 0 Å². The summed E-state index contributed by atoms with van der Waals surface area (Å²) in [5, 5.41) is 25.1. The van der Waals surface area contributed by atoms with Crippen molar-refractivity contribution >= 4 is 23.4 Å². The number of nitro benzene ring substituents is 1. The first-order valence-corrected chi connectivity index (χ1v) is 7.53. The maximum absolute atomic E-state index is 12.1. The Labute approximate surface area is 138 Å². The first-order valence-electron chi connectivity index (χ1n) is 7.53. The number of hydrogen-bond donors (Lipinski definition) is 3. The number of nitro groups is 1.